The Labute approximate surface area is 118 Å². The zero-order valence-electron chi connectivity index (χ0n) is 11.9. The number of rotatable bonds is 8. The van der Waals surface area contributed by atoms with Crippen LogP contribution in [0.3, 0.4) is 0 Å². The second-order valence-electron chi connectivity index (χ2n) is 4.62. The molecule has 0 aliphatic carbocycles. The second kappa shape index (κ2) is 8.14. The summed E-state index contributed by atoms with van der Waals surface area (Å²) in [4.78, 5) is 28.1. The van der Waals surface area contributed by atoms with Crippen LogP contribution in [-0.2, 0) is 9.59 Å². The van der Waals surface area contributed by atoms with Crippen LogP contribution in [0.4, 0.5) is 11.5 Å². The molecule has 0 aliphatic rings. The van der Waals surface area contributed by atoms with Crippen molar-refractivity contribution in [3.63, 3.8) is 0 Å². The van der Waals surface area contributed by atoms with E-state index in [0.29, 0.717) is 5.82 Å². The van der Waals surface area contributed by atoms with Crippen LogP contribution >= 0.6 is 0 Å². The zero-order valence-corrected chi connectivity index (χ0v) is 11.9. The van der Waals surface area contributed by atoms with Crippen molar-refractivity contribution in [2.45, 2.75) is 32.6 Å². The van der Waals surface area contributed by atoms with Gasteiger partial charge in [-0.3, -0.25) is 9.59 Å². The average molecular weight is 279 g/mol. The first-order valence-corrected chi connectivity index (χ1v) is 6.71. The molecule has 110 valence electrons. The van der Waals surface area contributed by atoms with Gasteiger partial charge in [0, 0.05) is 20.0 Å². The van der Waals surface area contributed by atoms with Crippen LogP contribution in [-0.4, -0.2) is 35.6 Å². The zero-order chi connectivity index (χ0) is 15.0. The molecule has 0 saturated carbocycles. The van der Waals surface area contributed by atoms with Crippen molar-refractivity contribution in [3.05, 3.63) is 18.3 Å². The van der Waals surface area contributed by atoms with Crippen molar-refractivity contribution in [2.24, 2.45) is 0 Å². The number of pyridine rings is 1. The van der Waals surface area contributed by atoms with Crippen molar-refractivity contribution in [1.82, 2.24) is 4.98 Å². The van der Waals surface area contributed by atoms with Gasteiger partial charge < -0.3 is 15.3 Å². The maximum Gasteiger partial charge on any atom is 0.303 e. The van der Waals surface area contributed by atoms with E-state index in [-0.39, 0.29) is 18.7 Å². The van der Waals surface area contributed by atoms with Gasteiger partial charge in [-0.25, -0.2) is 4.98 Å². The fourth-order valence-electron chi connectivity index (χ4n) is 1.64. The highest BCUT2D eigenvalue weighted by molar-refractivity contribution is 5.91. The molecule has 1 heterocycles. The van der Waals surface area contributed by atoms with E-state index in [1.165, 1.54) is 0 Å². The smallest absolute Gasteiger partial charge is 0.303 e. The molecular weight excluding hydrogens is 258 g/mol. The van der Waals surface area contributed by atoms with E-state index >= 15 is 0 Å². The van der Waals surface area contributed by atoms with Crippen molar-refractivity contribution in [3.8, 4) is 0 Å². The first-order valence-electron chi connectivity index (χ1n) is 6.71. The molecule has 0 radical (unpaired) electrons. The van der Waals surface area contributed by atoms with Crippen LogP contribution < -0.4 is 10.2 Å². The van der Waals surface area contributed by atoms with Gasteiger partial charge in [-0.1, -0.05) is 13.3 Å². The molecule has 1 aromatic rings. The van der Waals surface area contributed by atoms with E-state index in [1.807, 2.05) is 13.1 Å². The Morgan fingerprint density at radius 3 is 2.65 bits per heavy atom. The number of nitrogens with one attached hydrogen (secondary N) is 1. The number of amides is 1. The van der Waals surface area contributed by atoms with E-state index in [0.717, 1.165) is 25.1 Å². The van der Waals surface area contributed by atoms with Crippen LogP contribution in [0, 0.1) is 0 Å². The summed E-state index contributed by atoms with van der Waals surface area (Å²) in [7, 11) is 2.00. The number of aromatic nitrogens is 1. The fraction of sp³-hybridized carbons (Fsp3) is 0.500. The number of aliphatic carboxylic acids is 1. The molecule has 2 N–H and O–H groups in total. The van der Waals surface area contributed by atoms with E-state index in [4.69, 9.17) is 5.11 Å². The summed E-state index contributed by atoms with van der Waals surface area (Å²) in [6.07, 6.45) is 3.72. The molecule has 0 bridgehead atoms. The van der Waals surface area contributed by atoms with Crippen LogP contribution in [0.2, 0.25) is 0 Å². The summed E-state index contributed by atoms with van der Waals surface area (Å²) >= 11 is 0. The van der Waals surface area contributed by atoms with Gasteiger partial charge in [0.1, 0.15) is 5.82 Å². The number of carboxylic acid groups (broad SMARTS) is 1. The third kappa shape index (κ3) is 5.69. The summed E-state index contributed by atoms with van der Waals surface area (Å²) in [6, 6.07) is 3.60. The summed E-state index contributed by atoms with van der Waals surface area (Å²) in [5, 5.41) is 11.1. The Morgan fingerprint density at radius 1 is 1.35 bits per heavy atom. The van der Waals surface area contributed by atoms with Gasteiger partial charge in [0.25, 0.3) is 0 Å². The van der Waals surface area contributed by atoms with Crippen molar-refractivity contribution in [1.29, 1.82) is 0 Å². The molecule has 6 heteroatoms. The summed E-state index contributed by atoms with van der Waals surface area (Å²) in [6.45, 7) is 3.10. The Bertz CT molecular complexity index is 445. The molecular formula is C14H21N3O3. The molecule has 1 amide bonds. The standard InChI is InChI=1S/C14H21N3O3/c1-3-4-9-17(2)11-5-6-12(15-10-11)16-13(18)7-8-14(19)20/h5-6,10H,3-4,7-9H2,1-2H3,(H,19,20)(H,15,16,18). The number of carboxylic acids is 1. The molecule has 0 atom stereocenters. The average Bonchev–Trinajstić information content (AvgIpc) is 2.43. The largest absolute Gasteiger partial charge is 0.481 e. The first-order chi connectivity index (χ1) is 9.52. The molecule has 0 fully saturated rings. The number of hydrogen-bond acceptors (Lipinski definition) is 4. The number of carbonyl (C=O) groups excluding carboxylic acids is 1. The SMILES string of the molecule is CCCCN(C)c1ccc(NC(=O)CCC(=O)O)nc1. The minimum Gasteiger partial charge on any atom is -0.481 e. The van der Waals surface area contributed by atoms with E-state index in [9.17, 15) is 9.59 Å². The molecule has 20 heavy (non-hydrogen) atoms. The van der Waals surface area contributed by atoms with Gasteiger partial charge in [-0.15, -0.1) is 0 Å². The minimum atomic E-state index is -0.985. The van der Waals surface area contributed by atoms with E-state index in [1.54, 1.807) is 12.3 Å². The summed E-state index contributed by atoms with van der Waals surface area (Å²) < 4.78 is 0. The normalized spacial score (nSPS) is 10.1. The molecule has 0 unspecified atom stereocenters. The number of nitrogens with zero attached hydrogens (tertiary/aromatic N) is 2. The molecule has 1 rings (SSSR count). The van der Waals surface area contributed by atoms with Gasteiger partial charge in [-0.2, -0.15) is 0 Å². The molecule has 6 nitrogen and oxygen atoms in total. The lowest BCUT2D eigenvalue weighted by molar-refractivity contribution is -0.138. The van der Waals surface area contributed by atoms with Crippen LogP contribution in [0.5, 0.6) is 0 Å². The third-order valence-electron chi connectivity index (χ3n) is 2.87. The van der Waals surface area contributed by atoms with E-state index in [2.05, 4.69) is 22.1 Å². The number of hydrogen-bond donors (Lipinski definition) is 2. The first kappa shape index (κ1) is 15.9. The molecule has 1 aromatic heterocycles. The lowest BCUT2D eigenvalue weighted by Gasteiger charge is -2.18. The predicted octanol–water partition coefficient (Wildman–Crippen LogP) is 2.12. The van der Waals surface area contributed by atoms with E-state index < -0.39 is 5.97 Å². The lowest BCUT2D eigenvalue weighted by Crippen LogP contribution is -2.19. The van der Waals surface area contributed by atoms with Crippen molar-refractivity contribution >= 4 is 23.4 Å². The highest BCUT2D eigenvalue weighted by atomic mass is 16.4. The predicted molar refractivity (Wildman–Crippen MR) is 77.9 cm³/mol. The highest BCUT2D eigenvalue weighted by Gasteiger charge is 2.07. The fourth-order valence-corrected chi connectivity index (χ4v) is 1.64. The van der Waals surface area contributed by atoms with Gasteiger partial charge in [0.2, 0.25) is 5.91 Å². The number of anilines is 2. The van der Waals surface area contributed by atoms with Crippen LogP contribution in [0.1, 0.15) is 32.6 Å². The van der Waals surface area contributed by atoms with Crippen LogP contribution in [0.25, 0.3) is 0 Å². The third-order valence-corrected chi connectivity index (χ3v) is 2.87. The quantitative estimate of drug-likeness (QED) is 0.761. The Morgan fingerprint density at radius 2 is 2.10 bits per heavy atom. The second-order valence-corrected chi connectivity index (χ2v) is 4.62. The monoisotopic (exact) mass is 279 g/mol. The summed E-state index contributed by atoms with van der Waals surface area (Å²) in [5.41, 5.74) is 0.988. The minimum absolute atomic E-state index is 0.0465. The lowest BCUT2D eigenvalue weighted by atomic mass is 10.3. The van der Waals surface area contributed by atoms with Gasteiger partial charge in [-0.05, 0) is 18.6 Å². The molecule has 0 spiro atoms. The number of unbranched alkanes of at least 4 members (excludes halogenated alkanes) is 1. The maximum atomic E-state index is 11.5. The Kier molecular flexibility index (Phi) is 6.49. The molecule has 0 aromatic carbocycles. The Hall–Kier alpha value is -2.11. The van der Waals surface area contributed by atoms with Crippen LogP contribution in [0.15, 0.2) is 18.3 Å². The van der Waals surface area contributed by atoms with Crippen molar-refractivity contribution < 1.29 is 14.7 Å². The number of carbonyl (C=O) groups is 2. The van der Waals surface area contributed by atoms with Gasteiger partial charge in [0.15, 0.2) is 0 Å². The highest BCUT2D eigenvalue weighted by Crippen LogP contribution is 2.14. The maximum absolute atomic E-state index is 11.5. The van der Waals surface area contributed by atoms with Gasteiger partial charge in [0.05, 0.1) is 18.3 Å². The summed E-state index contributed by atoms with van der Waals surface area (Å²) in [5.74, 6) is -0.888. The van der Waals surface area contributed by atoms with Gasteiger partial charge >= 0.3 is 5.97 Å². The Balaban J connectivity index is 2.49. The topological polar surface area (TPSA) is 82.5 Å². The van der Waals surface area contributed by atoms with Crippen molar-refractivity contribution in [2.75, 3.05) is 23.8 Å². The molecule has 0 aliphatic heterocycles. The molecule has 0 saturated heterocycles.